The van der Waals surface area contributed by atoms with Gasteiger partial charge in [-0.3, -0.25) is 9.59 Å². The van der Waals surface area contributed by atoms with E-state index in [4.69, 9.17) is 4.42 Å². The van der Waals surface area contributed by atoms with Crippen LogP contribution in [0.25, 0.3) is 5.57 Å². The highest BCUT2D eigenvalue weighted by atomic mass is 16.4. The normalized spacial score (nSPS) is 25.2. The van der Waals surface area contributed by atoms with Crippen molar-refractivity contribution in [2.45, 2.75) is 36.9 Å². The predicted octanol–water partition coefficient (Wildman–Crippen LogP) is 2.89. The molecule has 7 rings (SSSR count). The van der Waals surface area contributed by atoms with Gasteiger partial charge in [0.2, 0.25) is 0 Å². The molecule has 1 saturated carbocycles. The molecule has 9 heteroatoms. The third-order valence-corrected chi connectivity index (χ3v) is 8.95. The molecule has 3 aliphatic rings. The van der Waals surface area contributed by atoms with Crippen molar-refractivity contribution in [3.05, 3.63) is 134 Å². The van der Waals surface area contributed by atoms with Crippen molar-refractivity contribution in [2.24, 2.45) is 13.0 Å². The molecular weight excluding hydrogens is 522 g/mol. The van der Waals surface area contributed by atoms with Gasteiger partial charge in [-0.25, -0.2) is 23.5 Å². The average Bonchev–Trinajstić information content (AvgIpc) is 3.57. The summed E-state index contributed by atoms with van der Waals surface area (Å²) in [6.45, 7) is -0.201. The molecule has 1 N–H and O–H groups in total. The van der Waals surface area contributed by atoms with E-state index in [2.05, 4.69) is 0 Å². The van der Waals surface area contributed by atoms with Crippen molar-refractivity contribution >= 4 is 17.1 Å². The van der Waals surface area contributed by atoms with Crippen molar-refractivity contribution in [1.29, 1.82) is 0 Å². The number of aliphatic hydroxyl groups excluding tert-OH is 1. The fourth-order valence-corrected chi connectivity index (χ4v) is 7.19. The number of hydrogen-bond donors (Lipinski definition) is 1. The third-order valence-electron chi connectivity index (χ3n) is 8.95. The Bertz CT molecular complexity index is 1890. The Balaban J connectivity index is 1.55. The second-order valence-corrected chi connectivity index (χ2v) is 10.8. The maximum Gasteiger partial charge on any atom is 0.347 e. The Kier molecular flexibility index (Phi) is 5.62. The molecule has 0 amide bonds. The number of nitrogens with zero attached hydrogens (tertiary/aromatic N) is 3. The third kappa shape index (κ3) is 3.39. The van der Waals surface area contributed by atoms with Crippen LogP contribution in [0.15, 0.2) is 105 Å². The Labute approximate surface area is 234 Å². The van der Waals surface area contributed by atoms with Crippen LogP contribution < -0.4 is 11.4 Å². The molecular formula is C32H27N3O6. The first kappa shape index (κ1) is 25.2. The van der Waals surface area contributed by atoms with Crippen molar-refractivity contribution in [3.8, 4) is 0 Å². The Hall–Kier alpha value is -4.76. The van der Waals surface area contributed by atoms with Gasteiger partial charge in [0.15, 0.2) is 11.6 Å². The minimum Gasteiger partial charge on any atom is -0.463 e. The molecule has 1 fully saturated rings. The van der Waals surface area contributed by atoms with Crippen molar-refractivity contribution in [2.75, 3.05) is 0 Å². The monoisotopic (exact) mass is 549 g/mol. The number of hydrogen-bond acceptors (Lipinski definition) is 6. The van der Waals surface area contributed by atoms with Crippen LogP contribution in [0.5, 0.6) is 0 Å². The summed E-state index contributed by atoms with van der Waals surface area (Å²) in [7, 11) is 1.43. The Morgan fingerprint density at radius 3 is 2.32 bits per heavy atom. The Morgan fingerprint density at radius 1 is 0.927 bits per heavy atom. The highest BCUT2D eigenvalue weighted by molar-refractivity contribution is 6.31. The molecule has 4 aromatic rings. The second kappa shape index (κ2) is 9.14. The van der Waals surface area contributed by atoms with E-state index in [0.717, 1.165) is 10.1 Å². The molecule has 0 spiro atoms. The molecule has 0 radical (unpaired) electrons. The van der Waals surface area contributed by atoms with Gasteiger partial charge in [0.1, 0.15) is 18.1 Å². The van der Waals surface area contributed by atoms with Crippen LogP contribution in [-0.2, 0) is 35.2 Å². The number of fused-ring (bicyclic) bond motifs is 4. The van der Waals surface area contributed by atoms with E-state index < -0.39 is 34.7 Å². The molecule has 4 atom stereocenters. The molecule has 4 unspecified atom stereocenters. The van der Waals surface area contributed by atoms with Crippen LogP contribution in [0.1, 0.15) is 41.0 Å². The van der Waals surface area contributed by atoms with E-state index >= 15 is 0 Å². The summed E-state index contributed by atoms with van der Waals surface area (Å²) in [6, 6.07) is 21.1. The second-order valence-electron chi connectivity index (χ2n) is 10.8. The number of furan rings is 1. The molecule has 2 aromatic carbocycles. The number of carbonyl (C=O) groups excluding carboxylic acids is 2. The summed E-state index contributed by atoms with van der Waals surface area (Å²) in [5.74, 6) is -1.35. The summed E-state index contributed by atoms with van der Waals surface area (Å²) in [5.41, 5.74) is 0.0602. The molecule has 2 aromatic heterocycles. The van der Waals surface area contributed by atoms with Crippen LogP contribution in [0, 0.1) is 5.92 Å². The van der Waals surface area contributed by atoms with Crippen molar-refractivity contribution in [3.63, 3.8) is 0 Å². The SMILES string of the molecule is Cn1c(=O)n2n(c1=O)C1CC3C(=O)C(c4ccccc4)=CC(=O)C3(c3ccccc3)C(c3ccc(CO)o3)C1=CC2. The lowest BCUT2D eigenvalue weighted by Gasteiger charge is -2.53. The quantitative estimate of drug-likeness (QED) is 0.392. The molecule has 206 valence electrons. The van der Waals surface area contributed by atoms with Crippen LogP contribution in [-0.4, -0.2) is 30.6 Å². The first-order valence-corrected chi connectivity index (χ1v) is 13.6. The minimum atomic E-state index is -1.37. The van der Waals surface area contributed by atoms with Gasteiger partial charge in [-0.15, -0.1) is 0 Å². The van der Waals surface area contributed by atoms with E-state index in [-0.39, 0.29) is 31.1 Å². The van der Waals surface area contributed by atoms with Gasteiger partial charge >= 0.3 is 11.4 Å². The number of aliphatic hydroxyl groups is 1. The van der Waals surface area contributed by atoms with Gasteiger partial charge in [-0.1, -0.05) is 66.7 Å². The smallest absolute Gasteiger partial charge is 0.347 e. The summed E-state index contributed by atoms with van der Waals surface area (Å²) in [5, 5.41) is 9.82. The van der Waals surface area contributed by atoms with Crippen LogP contribution in [0.4, 0.5) is 0 Å². The first-order valence-electron chi connectivity index (χ1n) is 13.6. The number of allylic oxidation sites excluding steroid dienone is 4. The average molecular weight is 550 g/mol. The first-order chi connectivity index (χ1) is 19.9. The highest BCUT2D eigenvalue weighted by Crippen LogP contribution is 2.61. The molecule has 9 nitrogen and oxygen atoms in total. The van der Waals surface area contributed by atoms with E-state index in [0.29, 0.717) is 28.2 Å². The predicted molar refractivity (Wildman–Crippen MR) is 149 cm³/mol. The summed E-state index contributed by atoms with van der Waals surface area (Å²) < 4.78 is 9.99. The van der Waals surface area contributed by atoms with Gasteiger partial charge in [0.05, 0.1) is 23.9 Å². The zero-order chi connectivity index (χ0) is 28.5. The van der Waals surface area contributed by atoms with Crippen LogP contribution in [0.2, 0.25) is 0 Å². The number of Topliss-reactive ketones (excluding diaryl/α,β-unsaturated/α-hetero) is 1. The fourth-order valence-electron chi connectivity index (χ4n) is 7.19. The fraction of sp³-hybridized carbons (Fsp3) is 0.250. The zero-order valence-electron chi connectivity index (χ0n) is 22.3. The molecule has 41 heavy (non-hydrogen) atoms. The van der Waals surface area contributed by atoms with E-state index in [1.165, 1.54) is 22.5 Å². The molecule has 2 aliphatic carbocycles. The highest BCUT2D eigenvalue weighted by Gasteiger charge is 2.64. The zero-order valence-corrected chi connectivity index (χ0v) is 22.3. The van der Waals surface area contributed by atoms with Gasteiger partial charge in [-0.05, 0) is 41.3 Å². The number of ketones is 2. The van der Waals surface area contributed by atoms with E-state index in [1.807, 2.05) is 54.6 Å². The number of aromatic nitrogens is 3. The topological polar surface area (TPSA) is 116 Å². The summed E-state index contributed by atoms with van der Waals surface area (Å²) in [6.07, 6.45) is 3.48. The van der Waals surface area contributed by atoms with Gasteiger partial charge in [0, 0.05) is 18.5 Å². The lowest BCUT2D eigenvalue weighted by molar-refractivity contribution is -0.133. The summed E-state index contributed by atoms with van der Waals surface area (Å²) >= 11 is 0. The lowest BCUT2D eigenvalue weighted by atomic mass is 9.48. The van der Waals surface area contributed by atoms with Crippen molar-refractivity contribution < 1.29 is 19.1 Å². The maximum absolute atomic E-state index is 14.7. The number of carbonyl (C=O) groups is 2. The molecule has 0 saturated heterocycles. The number of benzene rings is 2. The van der Waals surface area contributed by atoms with Crippen LogP contribution in [0.3, 0.4) is 0 Å². The molecule has 0 bridgehead atoms. The Morgan fingerprint density at radius 2 is 1.63 bits per heavy atom. The largest absolute Gasteiger partial charge is 0.463 e. The van der Waals surface area contributed by atoms with E-state index in [1.54, 1.807) is 24.3 Å². The van der Waals surface area contributed by atoms with Gasteiger partial charge in [-0.2, -0.15) is 0 Å². The van der Waals surface area contributed by atoms with Crippen LogP contribution >= 0.6 is 0 Å². The van der Waals surface area contributed by atoms with Gasteiger partial charge < -0.3 is 9.52 Å². The van der Waals surface area contributed by atoms with E-state index in [9.17, 15) is 24.3 Å². The molecule has 1 aliphatic heterocycles. The number of rotatable bonds is 4. The summed E-state index contributed by atoms with van der Waals surface area (Å²) in [4.78, 5) is 55.6. The van der Waals surface area contributed by atoms with Crippen molar-refractivity contribution in [1.82, 2.24) is 13.9 Å². The van der Waals surface area contributed by atoms with Gasteiger partial charge in [0.25, 0.3) is 0 Å². The maximum atomic E-state index is 14.7. The lowest BCUT2D eigenvalue weighted by Crippen LogP contribution is -2.58. The molecule has 3 heterocycles. The minimum absolute atomic E-state index is 0.133. The standard InChI is InChI=1S/C32H27N3O6/c1-33-30(39)34-15-14-22-25(35(34)31(33)40)17-24-29(38)23(19-8-4-2-5-9-19)16-27(37)32(24,20-10-6-3-7-11-20)28(22)26-13-12-21(18-36)41-26/h2-14,16,24-25,28,36H,15,17-18H2,1H3.